The van der Waals surface area contributed by atoms with E-state index in [1.54, 1.807) is 7.11 Å². The van der Waals surface area contributed by atoms with Crippen LogP contribution in [0.3, 0.4) is 0 Å². The SMILES string of the molecule is COc1ncc(N2CCOc3ccc(OC4CCN(C(=O)C5CCS(=O)C5)C4)cc32)cc1C. The summed E-state index contributed by atoms with van der Waals surface area (Å²) in [6.45, 7) is 4.53. The van der Waals surface area contributed by atoms with Gasteiger partial charge in [0.25, 0.3) is 0 Å². The predicted octanol–water partition coefficient (Wildman–Crippen LogP) is 2.68. The highest BCUT2D eigenvalue weighted by molar-refractivity contribution is 7.85. The van der Waals surface area contributed by atoms with Crippen molar-refractivity contribution in [2.45, 2.75) is 25.9 Å². The van der Waals surface area contributed by atoms with Crippen LogP contribution in [0.1, 0.15) is 18.4 Å². The van der Waals surface area contributed by atoms with Crippen molar-refractivity contribution in [1.82, 2.24) is 9.88 Å². The molecule has 33 heavy (non-hydrogen) atoms. The summed E-state index contributed by atoms with van der Waals surface area (Å²) in [4.78, 5) is 21.2. The Bertz CT molecular complexity index is 1080. The second-order valence-corrected chi connectivity index (χ2v) is 10.4. The maximum absolute atomic E-state index is 12.8. The third-order valence-corrected chi connectivity index (χ3v) is 7.97. The number of benzene rings is 1. The van der Waals surface area contributed by atoms with Crippen LogP contribution >= 0.6 is 0 Å². The molecule has 0 N–H and O–H groups in total. The van der Waals surface area contributed by atoms with Crippen molar-refractivity contribution in [3.05, 3.63) is 36.0 Å². The quantitative estimate of drug-likeness (QED) is 0.663. The van der Waals surface area contributed by atoms with Gasteiger partial charge in [-0.15, -0.1) is 0 Å². The minimum absolute atomic E-state index is 0.0539. The average molecular weight is 472 g/mol. The molecule has 9 heteroatoms. The van der Waals surface area contributed by atoms with Crippen LogP contribution in [0.5, 0.6) is 17.4 Å². The van der Waals surface area contributed by atoms with Gasteiger partial charge in [-0.05, 0) is 31.5 Å². The number of amides is 1. The smallest absolute Gasteiger partial charge is 0.226 e. The Balaban J connectivity index is 1.29. The van der Waals surface area contributed by atoms with Gasteiger partial charge in [-0.25, -0.2) is 4.98 Å². The van der Waals surface area contributed by atoms with E-state index in [1.807, 2.05) is 36.2 Å². The molecule has 3 aliphatic rings. The van der Waals surface area contributed by atoms with Crippen LogP contribution < -0.4 is 19.1 Å². The molecular weight excluding hydrogens is 442 g/mol. The van der Waals surface area contributed by atoms with Gasteiger partial charge < -0.3 is 24.0 Å². The minimum atomic E-state index is -0.845. The van der Waals surface area contributed by atoms with E-state index in [1.165, 1.54) is 0 Å². The fourth-order valence-electron chi connectivity index (χ4n) is 4.78. The second-order valence-electron chi connectivity index (χ2n) is 8.76. The van der Waals surface area contributed by atoms with E-state index in [4.69, 9.17) is 14.2 Å². The first-order chi connectivity index (χ1) is 16.0. The number of methoxy groups -OCH3 is 1. The third kappa shape index (κ3) is 4.51. The van der Waals surface area contributed by atoms with Crippen molar-refractivity contribution in [2.75, 3.05) is 49.8 Å². The number of hydrogen-bond acceptors (Lipinski definition) is 7. The molecule has 0 aliphatic carbocycles. The van der Waals surface area contributed by atoms with Gasteiger partial charge in [0.1, 0.15) is 24.2 Å². The minimum Gasteiger partial charge on any atom is -0.490 e. The van der Waals surface area contributed by atoms with Crippen molar-refractivity contribution in [3.63, 3.8) is 0 Å². The Kier molecular flexibility index (Phi) is 6.14. The van der Waals surface area contributed by atoms with E-state index in [-0.39, 0.29) is 17.9 Å². The Morgan fingerprint density at radius 3 is 2.88 bits per heavy atom. The lowest BCUT2D eigenvalue weighted by Gasteiger charge is -2.32. The number of aryl methyl sites for hydroxylation is 1. The van der Waals surface area contributed by atoms with Crippen LogP contribution in [-0.2, 0) is 15.6 Å². The van der Waals surface area contributed by atoms with E-state index in [0.717, 1.165) is 41.3 Å². The summed E-state index contributed by atoms with van der Waals surface area (Å²) in [6.07, 6.45) is 3.28. The summed E-state index contributed by atoms with van der Waals surface area (Å²) in [7, 11) is 0.775. The molecule has 0 spiro atoms. The Hall–Kier alpha value is -2.81. The lowest BCUT2D eigenvalue weighted by molar-refractivity contribution is -0.133. The number of nitrogens with zero attached hydrogens (tertiary/aromatic N) is 3. The van der Waals surface area contributed by atoms with E-state index in [2.05, 4.69) is 16.0 Å². The van der Waals surface area contributed by atoms with Gasteiger partial charge in [0.15, 0.2) is 0 Å². The molecule has 2 aromatic rings. The normalized spacial score (nSPS) is 24.4. The first kappa shape index (κ1) is 22.0. The van der Waals surface area contributed by atoms with Gasteiger partial charge in [-0.3, -0.25) is 9.00 Å². The Labute approximate surface area is 196 Å². The zero-order valence-electron chi connectivity index (χ0n) is 19.0. The fourth-order valence-corrected chi connectivity index (χ4v) is 6.25. The number of rotatable bonds is 5. The summed E-state index contributed by atoms with van der Waals surface area (Å²) in [5.41, 5.74) is 2.88. The Morgan fingerprint density at radius 1 is 1.24 bits per heavy atom. The Morgan fingerprint density at radius 2 is 2.12 bits per heavy atom. The summed E-state index contributed by atoms with van der Waals surface area (Å²) in [6, 6.07) is 7.92. The van der Waals surface area contributed by atoms with Crippen molar-refractivity contribution >= 4 is 28.1 Å². The number of likely N-dealkylation sites (tertiary alicyclic amines) is 1. The molecule has 0 saturated carbocycles. The van der Waals surface area contributed by atoms with Gasteiger partial charge >= 0.3 is 0 Å². The molecule has 3 atom stereocenters. The lowest BCUT2D eigenvalue weighted by Crippen LogP contribution is -2.36. The molecule has 0 bridgehead atoms. The second kappa shape index (κ2) is 9.21. The van der Waals surface area contributed by atoms with Crippen LogP contribution in [-0.4, -0.2) is 71.0 Å². The van der Waals surface area contributed by atoms with Crippen LogP contribution in [0.15, 0.2) is 30.5 Å². The highest BCUT2D eigenvalue weighted by Gasteiger charge is 2.35. The molecule has 1 aromatic heterocycles. The molecule has 1 amide bonds. The number of ether oxygens (including phenoxy) is 3. The average Bonchev–Trinajstić information content (AvgIpc) is 3.47. The van der Waals surface area contributed by atoms with Crippen LogP contribution in [0.25, 0.3) is 0 Å². The topological polar surface area (TPSA) is 81.2 Å². The molecule has 8 nitrogen and oxygen atoms in total. The van der Waals surface area contributed by atoms with Gasteiger partial charge in [0.05, 0.1) is 43.7 Å². The summed E-state index contributed by atoms with van der Waals surface area (Å²) >= 11 is 0. The highest BCUT2D eigenvalue weighted by Crippen LogP contribution is 2.40. The van der Waals surface area contributed by atoms with Gasteiger partial charge in [-0.2, -0.15) is 0 Å². The lowest BCUT2D eigenvalue weighted by atomic mass is 10.1. The van der Waals surface area contributed by atoms with E-state index >= 15 is 0 Å². The number of carbonyl (C=O) groups excluding carboxylic acids is 1. The number of carbonyl (C=O) groups is 1. The molecule has 0 radical (unpaired) electrons. The first-order valence-electron chi connectivity index (χ1n) is 11.4. The van der Waals surface area contributed by atoms with Crippen LogP contribution in [0.2, 0.25) is 0 Å². The summed E-state index contributed by atoms with van der Waals surface area (Å²) in [5, 5.41) is 0. The molecule has 2 fully saturated rings. The highest BCUT2D eigenvalue weighted by atomic mass is 32.2. The standard InChI is InChI=1S/C24H29N3O5S/c1-16-11-18(13-25-23(16)30-2)27-8-9-31-22-4-3-19(12-21(22)27)32-20-5-7-26(14-20)24(28)17-6-10-33(29)15-17/h3-4,11-13,17,20H,5-10,14-15H2,1-2H3. The number of anilines is 2. The van der Waals surface area contributed by atoms with Crippen LogP contribution in [0.4, 0.5) is 11.4 Å². The number of aromatic nitrogens is 1. The molecule has 3 unspecified atom stereocenters. The van der Waals surface area contributed by atoms with E-state index in [0.29, 0.717) is 43.6 Å². The van der Waals surface area contributed by atoms with Gasteiger partial charge in [0.2, 0.25) is 11.8 Å². The molecule has 2 saturated heterocycles. The predicted molar refractivity (Wildman–Crippen MR) is 126 cm³/mol. The largest absolute Gasteiger partial charge is 0.490 e. The van der Waals surface area contributed by atoms with E-state index < -0.39 is 10.8 Å². The zero-order valence-corrected chi connectivity index (χ0v) is 19.8. The van der Waals surface area contributed by atoms with Crippen molar-refractivity contribution in [1.29, 1.82) is 0 Å². The van der Waals surface area contributed by atoms with Gasteiger partial charge in [-0.1, -0.05) is 0 Å². The maximum atomic E-state index is 12.8. The summed E-state index contributed by atoms with van der Waals surface area (Å²) in [5.74, 6) is 3.35. The monoisotopic (exact) mass is 471 g/mol. The van der Waals surface area contributed by atoms with Crippen molar-refractivity contribution in [3.8, 4) is 17.4 Å². The molecule has 3 aliphatic heterocycles. The number of fused-ring (bicyclic) bond motifs is 1. The third-order valence-electron chi connectivity index (χ3n) is 6.50. The molecular formula is C24H29N3O5S. The van der Waals surface area contributed by atoms with Crippen molar-refractivity contribution < 1.29 is 23.2 Å². The van der Waals surface area contributed by atoms with Gasteiger partial charge in [0, 0.05) is 46.9 Å². The molecule has 1 aromatic carbocycles. The molecule has 176 valence electrons. The van der Waals surface area contributed by atoms with Crippen molar-refractivity contribution in [2.24, 2.45) is 5.92 Å². The number of pyridine rings is 1. The van der Waals surface area contributed by atoms with Crippen LogP contribution in [0, 0.1) is 12.8 Å². The summed E-state index contributed by atoms with van der Waals surface area (Å²) < 4.78 is 29.1. The first-order valence-corrected chi connectivity index (χ1v) is 12.9. The zero-order chi connectivity index (χ0) is 22.9. The number of hydrogen-bond donors (Lipinski definition) is 0. The maximum Gasteiger partial charge on any atom is 0.226 e. The van der Waals surface area contributed by atoms with E-state index in [9.17, 15) is 9.00 Å². The molecule has 5 rings (SSSR count). The molecule has 4 heterocycles. The fraction of sp³-hybridized carbons (Fsp3) is 0.500.